The minimum absolute atomic E-state index is 0.175. The van der Waals surface area contributed by atoms with Crippen molar-refractivity contribution in [3.63, 3.8) is 0 Å². The van der Waals surface area contributed by atoms with Crippen molar-refractivity contribution >= 4 is 21.7 Å². The highest BCUT2D eigenvalue weighted by atomic mass is 79.9. The molecule has 18 heavy (non-hydrogen) atoms. The normalized spacial score (nSPS) is 10.9. The Labute approximate surface area is 115 Å². The van der Waals surface area contributed by atoms with E-state index in [4.69, 9.17) is 0 Å². The third kappa shape index (κ3) is 2.41. The fourth-order valence-corrected chi connectivity index (χ4v) is 2.39. The molecule has 0 aromatic carbocycles. The van der Waals surface area contributed by atoms with Crippen LogP contribution < -0.4 is 0 Å². The van der Waals surface area contributed by atoms with Crippen LogP contribution >= 0.6 is 15.9 Å². The van der Waals surface area contributed by atoms with Gasteiger partial charge in [0, 0.05) is 31.4 Å². The third-order valence-electron chi connectivity index (χ3n) is 2.99. The maximum absolute atomic E-state index is 11.6. The number of nitrogens with zero attached hydrogens (tertiary/aromatic N) is 3. The lowest BCUT2D eigenvalue weighted by Crippen LogP contribution is -2.04. The second-order valence-corrected chi connectivity index (χ2v) is 5.11. The monoisotopic (exact) mass is 309 g/mol. The van der Waals surface area contributed by atoms with E-state index in [0.29, 0.717) is 13.0 Å². The van der Waals surface area contributed by atoms with Crippen molar-refractivity contribution < 1.29 is 4.79 Å². The fourth-order valence-electron chi connectivity index (χ4n) is 1.93. The summed E-state index contributed by atoms with van der Waals surface area (Å²) in [6.07, 6.45) is 4.36. The van der Waals surface area contributed by atoms with Gasteiger partial charge in [-0.1, -0.05) is 6.92 Å². The van der Waals surface area contributed by atoms with Gasteiger partial charge in [0.2, 0.25) is 0 Å². The lowest BCUT2D eigenvalue weighted by Gasteiger charge is -2.04. The maximum atomic E-state index is 11.6. The molecule has 0 saturated heterocycles. The van der Waals surface area contributed by atoms with E-state index in [-0.39, 0.29) is 5.78 Å². The average Bonchev–Trinajstić information content (AvgIpc) is 2.90. The average molecular weight is 310 g/mol. The number of Topliss-reactive ketones (excluding diaryl/α,β-unsaturated/α-hetero) is 1. The molecule has 2 aromatic rings. The second kappa shape index (κ2) is 5.10. The SMILES string of the molecule is CCC(=O)c1ccn(Cc2c(Br)c(C)nn2C)c1. The van der Waals surface area contributed by atoms with Crippen molar-refractivity contribution in [1.82, 2.24) is 14.3 Å². The molecular formula is C13H16BrN3O. The lowest BCUT2D eigenvalue weighted by molar-refractivity contribution is 0.0988. The van der Waals surface area contributed by atoms with Crippen LogP contribution in [-0.4, -0.2) is 20.1 Å². The smallest absolute Gasteiger partial charge is 0.164 e. The molecule has 0 N–H and O–H groups in total. The Morgan fingerprint density at radius 3 is 2.78 bits per heavy atom. The molecule has 2 rings (SSSR count). The summed E-state index contributed by atoms with van der Waals surface area (Å²) in [5.74, 6) is 0.175. The van der Waals surface area contributed by atoms with E-state index in [1.54, 1.807) is 0 Å². The van der Waals surface area contributed by atoms with Crippen molar-refractivity contribution in [2.24, 2.45) is 7.05 Å². The van der Waals surface area contributed by atoms with Crippen LogP contribution in [0.3, 0.4) is 0 Å². The van der Waals surface area contributed by atoms with E-state index >= 15 is 0 Å². The Balaban J connectivity index is 2.24. The highest BCUT2D eigenvalue weighted by Crippen LogP contribution is 2.21. The molecular weight excluding hydrogens is 294 g/mol. The van der Waals surface area contributed by atoms with Crippen LogP contribution in [0.15, 0.2) is 22.9 Å². The highest BCUT2D eigenvalue weighted by molar-refractivity contribution is 9.10. The summed E-state index contributed by atoms with van der Waals surface area (Å²) in [5, 5.41) is 4.35. The molecule has 0 radical (unpaired) electrons. The molecule has 96 valence electrons. The summed E-state index contributed by atoms with van der Waals surface area (Å²) in [7, 11) is 1.93. The Morgan fingerprint density at radius 2 is 2.22 bits per heavy atom. The van der Waals surface area contributed by atoms with Gasteiger partial charge in [-0.05, 0) is 28.9 Å². The van der Waals surface area contributed by atoms with Crippen LogP contribution in [0.1, 0.15) is 35.1 Å². The van der Waals surface area contributed by atoms with Gasteiger partial charge in [-0.25, -0.2) is 0 Å². The van der Waals surface area contributed by atoms with Crippen LogP contribution in [-0.2, 0) is 13.6 Å². The van der Waals surface area contributed by atoms with Gasteiger partial charge in [-0.2, -0.15) is 5.10 Å². The lowest BCUT2D eigenvalue weighted by atomic mass is 10.2. The zero-order chi connectivity index (χ0) is 13.3. The molecule has 0 saturated carbocycles. The van der Waals surface area contributed by atoms with E-state index in [2.05, 4.69) is 21.0 Å². The number of hydrogen-bond donors (Lipinski definition) is 0. The number of halogens is 1. The zero-order valence-electron chi connectivity index (χ0n) is 10.8. The third-order valence-corrected chi connectivity index (χ3v) is 4.02. The standard InChI is InChI=1S/C13H16BrN3O/c1-4-12(18)10-5-6-17(7-10)8-11-13(14)9(2)15-16(11)3/h5-7H,4,8H2,1-3H3. The Kier molecular flexibility index (Phi) is 3.71. The van der Waals surface area contributed by atoms with Gasteiger partial charge < -0.3 is 4.57 Å². The zero-order valence-corrected chi connectivity index (χ0v) is 12.4. The van der Waals surface area contributed by atoms with Crippen molar-refractivity contribution in [3.05, 3.63) is 39.9 Å². The van der Waals surface area contributed by atoms with Gasteiger partial charge in [0.05, 0.1) is 22.4 Å². The number of carbonyl (C=O) groups is 1. The Morgan fingerprint density at radius 1 is 1.50 bits per heavy atom. The predicted molar refractivity (Wildman–Crippen MR) is 73.8 cm³/mol. The molecule has 5 heteroatoms. The number of carbonyl (C=O) groups excluding carboxylic acids is 1. The largest absolute Gasteiger partial charge is 0.348 e. The number of ketones is 1. The van der Waals surface area contributed by atoms with Gasteiger partial charge >= 0.3 is 0 Å². The number of aryl methyl sites for hydroxylation is 2. The van der Waals surface area contributed by atoms with Crippen molar-refractivity contribution in [2.75, 3.05) is 0 Å². The number of rotatable bonds is 4. The molecule has 2 heterocycles. The van der Waals surface area contributed by atoms with E-state index in [9.17, 15) is 4.79 Å². The highest BCUT2D eigenvalue weighted by Gasteiger charge is 2.12. The predicted octanol–water partition coefficient (Wildman–Crippen LogP) is 2.93. The fraction of sp³-hybridized carbons (Fsp3) is 0.385. The van der Waals surface area contributed by atoms with Crippen LogP contribution in [0, 0.1) is 6.92 Å². The first-order valence-electron chi connectivity index (χ1n) is 5.90. The van der Waals surface area contributed by atoms with E-state index in [0.717, 1.165) is 21.4 Å². The molecule has 0 unspecified atom stereocenters. The van der Waals surface area contributed by atoms with Crippen molar-refractivity contribution in [2.45, 2.75) is 26.8 Å². The molecule has 0 atom stereocenters. The van der Waals surface area contributed by atoms with Crippen molar-refractivity contribution in [1.29, 1.82) is 0 Å². The first kappa shape index (κ1) is 13.1. The van der Waals surface area contributed by atoms with Crippen LogP contribution in [0.5, 0.6) is 0 Å². The maximum Gasteiger partial charge on any atom is 0.164 e. The summed E-state index contributed by atoms with van der Waals surface area (Å²) in [6.45, 7) is 4.55. The molecule has 4 nitrogen and oxygen atoms in total. The molecule has 0 amide bonds. The topological polar surface area (TPSA) is 39.8 Å². The minimum atomic E-state index is 0.175. The summed E-state index contributed by atoms with van der Waals surface area (Å²) in [4.78, 5) is 11.6. The molecule has 0 bridgehead atoms. The molecule has 2 aromatic heterocycles. The Hall–Kier alpha value is -1.36. The van der Waals surface area contributed by atoms with E-state index in [1.165, 1.54) is 0 Å². The van der Waals surface area contributed by atoms with Gasteiger partial charge in [-0.15, -0.1) is 0 Å². The van der Waals surface area contributed by atoms with Gasteiger partial charge in [0.1, 0.15) is 0 Å². The van der Waals surface area contributed by atoms with Crippen LogP contribution in [0.25, 0.3) is 0 Å². The number of hydrogen-bond acceptors (Lipinski definition) is 2. The molecule has 0 aliphatic heterocycles. The molecule has 0 aliphatic rings. The van der Waals surface area contributed by atoms with Gasteiger partial charge in [0.15, 0.2) is 5.78 Å². The quantitative estimate of drug-likeness (QED) is 0.815. The van der Waals surface area contributed by atoms with E-state index in [1.807, 2.05) is 48.6 Å². The van der Waals surface area contributed by atoms with Gasteiger partial charge in [0.25, 0.3) is 0 Å². The Bertz CT molecular complexity index is 583. The molecule has 0 fully saturated rings. The summed E-state index contributed by atoms with van der Waals surface area (Å²) < 4.78 is 4.90. The second-order valence-electron chi connectivity index (χ2n) is 4.32. The van der Waals surface area contributed by atoms with Crippen molar-refractivity contribution in [3.8, 4) is 0 Å². The van der Waals surface area contributed by atoms with E-state index < -0.39 is 0 Å². The summed E-state index contributed by atoms with van der Waals surface area (Å²) >= 11 is 3.54. The molecule has 0 spiro atoms. The molecule has 0 aliphatic carbocycles. The van der Waals surface area contributed by atoms with Crippen LogP contribution in [0.4, 0.5) is 0 Å². The first-order chi connectivity index (χ1) is 8.52. The van der Waals surface area contributed by atoms with Gasteiger partial charge in [-0.3, -0.25) is 9.48 Å². The minimum Gasteiger partial charge on any atom is -0.348 e. The first-order valence-corrected chi connectivity index (χ1v) is 6.69. The summed E-state index contributed by atoms with van der Waals surface area (Å²) in [5.41, 5.74) is 2.84. The number of aromatic nitrogens is 3. The van der Waals surface area contributed by atoms with Crippen LogP contribution in [0.2, 0.25) is 0 Å². The summed E-state index contributed by atoms with van der Waals surface area (Å²) in [6, 6.07) is 1.86.